The van der Waals surface area contributed by atoms with Gasteiger partial charge >= 0.3 is 0 Å². The summed E-state index contributed by atoms with van der Waals surface area (Å²) in [7, 11) is 0. The highest BCUT2D eigenvalue weighted by atomic mass is 19.1. The first-order chi connectivity index (χ1) is 18.0. The Kier molecular flexibility index (Phi) is 7.62. The second-order valence-corrected chi connectivity index (χ2v) is 10.2. The van der Waals surface area contributed by atoms with Crippen LogP contribution in [0.5, 0.6) is 5.75 Å². The van der Waals surface area contributed by atoms with Crippen LogP contribution in [0.25, 0.3) is 11.4 Å². The van der Waals surface area contributed by atoms with Crippen molar-refractivity contribution >= 4 is 11.9 Å². The van der Waals surface area contributed by atoms with Crippen molar-refractivity contribution in [1.29, 1.82) is 0 Å². The molecule has 2 aliphatic rings. The fourth-order valence-electron chi connectivity index (χ4n) is 4.54. The van der Waals surface area contributed by atoms with E-state index in [0.29, 0.717) is 35.9 Å². The molecular formula is C27H33FN6O3. The van der Waals surface area contributed by atoms with Crippen LogP contribution in [0.15, 0.2) is 35.1 Å². The third-order valence-corrected chi connectivity index (χ3v) is 6.79. The van der Waals surface area contributed by atoms with E-state index in [-0.39, 0.29) is 11.6 Å². The van der Waals surface area contributed by atoms with Gasteiger partial charge in [0.05, 0.1) is 17.7 Å². The third-order valence-electron chi connectivity index (χ3n) is 6.79. The van der Waals surface area contributed by atoms with Crippen LogP contribution in [0, 0.1) is 11.7 Å². The Morgan fingerprint density at radius 3 is 2.62 bits per heavy atom. The summed E-state index contributed by atoms with van der Waals surface area (Å²) < 4.78 is 25.4. The van der Waals surface area contributed by atoms with Crippen LogP contribution >= 0.6 is 0 Å². The number of ether oxygens (including phenoxy) is 1. The van der Waals surface area contributed by atoms with Crippen molar-refractivity contribution in [2.45, 2.75) is 64.3 Å². The molecule has 0 unspecified atom stereocenters. The molecular weight excluding hydrogens is 475 g/mol. The maximum Gasteiger partial charge on any atom is 0.254 e. The molecule has 1 saturated heterocycles. The Bertz CT molecular complexity index is 1200. The van der Waals surface area contributed by atoms with Crippen molar-refractivity contribution in [3.63, 3.8) is 0 Å². The highest BCUT2D eigenvalue weighted by Gasteiger charge is 2.30. The molecule has 1 saturated carbocycles. The summed E-state index contributed by atoms with van der Waals surface area (Å²) in [5.41, 5.74) is 0.798. The Labute approximate surface area is 215 Å². The summed E-state index contributed by atoms with van der Waals surface area (Å²) in [5.74, 6) is 2.47. The number of hydrogen-bond donors (Lipinski definition) is 1. The van der Waals surface area contributed by atoms with E-state index in [4.69, 9.17) is 9.26 Å². The molecule has 1 amide bonds. The molecule has 1 N–H and O–H groups in total. The number of piperidine rings is 1. The van der Waals surface area contributed by atoms with Gasteiger partial charge in [-0.1, -0.05) is 5.16 Å². The van der Waals surface area contributed by atoms with E-state index in [9.17, 15) is 9.18 Å². The maximum absolute atomic E-state index is 14.3. The lowest BCUT2D eigenvalue weighted by molar-refractivity contribution is 0.0939. The number of carbonyl (C=O) groups is 1. The first-order valence-electron chi connectivity index (χ1n) is 13.1. The normalized spacial score (nSPS) is 16.3. The first kappa shape index (κ1) is 25.1. The number of hydrogen-bond acceptors (Lipinski definition) is 8. The van der Waals surface area contributed by atoms with Crippen molar-refractivity contribution in [1.82, 2.24) is 25.4 Å². The van der Waals surface area contributed by atoms with Crippen LogP contribution in [0.4, 0.5) is 10.3 Å². The van der Waals surface area contributed by atoms with Crippen molar-refractivity contribution in [3.05, 3.63) is 47.9 Å². The molecule has 1 aliphatic carbocycles. The number of benzene rings is 1. The minimum absolute atomic E-state index is 0.0314. The average Bonchev–Trinajstić information content (AvgIpc) is 3.63. The lowest BCUT2D eigenvalue weighted by Crippen LogP contribution is -2.34. The van der Waals surface area contributed by atoms with Crippen LogP contribution < -0.4 is 15.0 Å². The summed E-state index contributed by atoms with van der Waals surface area (Å²) in [6.45, 7) is 6.00. The number of nitrogens with one attached hydrogen (secondary N) is 1. The molecule has 9 nitrogen and oxygen atoms in total. The maximum atomic E-state index is 14.3. The van der Waals surface area contributed by atoms with Crippen molar-refractivity contribution in [3.8, 4) is 17.1 Å². The van der Waals surface area contributed by atoms with Crippen molar-refractivity contribution in [2.75, 3.05) is 24.6 Å². The van der Waals surface area contributed by atoms with Gasteiger partial charge in [-0.15, -0.1) is 0 Å². The molecule has 0 bridgehead atoms. The van der Waals surface area contributed by atoms with Crippen LogP contribution in [0.1, 0.15) is 74.5 Å². The monoisotopic (exact) mass is 508 g/mol. The molecule has 0 radical (unpaired) electrons. The molecule has 2 fully saturated rings. The lowest BCUT2D eigenvalue weighted by Gasteiger charge is -2.32. The SMILES string of the molecule is CC(C)NC(=O)c1ccc(OCCCC2CCN(c3ncc(-c4noc(C5CC5)n4)cn3)CC2)cc1F. The number of aromatic nitrogens is 4. The molecule has 10 heteroatoms. The predicted molar refractivity (Wildman–Crippen MR) is 136 cm³/mol. The summed E-state index contributed by atoms with van der Waals surface area (Å²) in [5, 5.41) is 6.75. The van der Waals surface area contributed by atoms with Gasteiger partial charge in [0.2, 0.25) is 17.7 Å². The van der Waals surface area contributed by atoms with E-state index in [0.717, 1.165) is 63.1 Å². The zero-order chi connectivity index (χ0) is 25.8. The van der Waals surface area contributed by atoms with E-state index in [1.807, 2.05) is 13.8 Å². The predicted octanol–water partition coefficient (Wildman–Crippen LogP) is 4.76. The number of anilines is 1. The van der Waals surface area contributed by atoms with E-state index in [1.165, 1.54) is 12.1 Å². The molecule has 37 heavy (non-hydrogen) atoms. The Balaban J connectivity index is 1.03. The summed E-state index contributed by atoms with van der Waals surface area (Å²) >= 11 is 0. The highest BCUT2D eigenvalue weighted by molar-refractivity contribution is 5.94. The summed E-state index contributed by atoms with van der Waals surface area (Å²) in [6.07, 6.45) is 9.83. The minimum Gasteiger partial charge on any atom is -0.493 e. The molecule has 3 heterocycles. The molecule has 1 aromatic carbocycles. The van der Waals surface area contributed by atoms with E-state index < -0.39 is 11.7 Å². The van der Waals surface area contributed by atoms with Crippen LogP contribution in [0.2, 0.25) is 0 Å². The fourth-order valence-corrected chi connectivity index (χ4v) is 4.54. The summed E-state index contributed by atoms with van der Waals surface area (Å²) in [6, 6.07) is 4.35. The third kappa shape index (κ3) is 6.42. The highest BCUT2D eigenvalue weighted by Crippen LogP contribution is 2.39. The Morgan fingerprint density at radius 2 is 1.95 bits per heavy atom. The van der Waals surface area contributed by atoms with Crippen molar-refractivity contribution in [2.24, 2.45) is 5.92 Å². The van der Waals surface area contributed by atoms with Crippen LogP contribution in [0.3, 0.4) is 0 Å². The standard InChI is InChI=1S/C27H33FN6O3/c1-17(2)31-25(35)22-8-7-21(14-23(22)28)36-13-3-4-18-9-11-34(12-10-18)27-29-15-20(16-30-27)24-32-26(37-33-24)19-5-6-19/h7-8,14-19H,3-6,9-13H2,1-2H3,(H,31,35). The molecule has 3 aromatic rings. The van der Waals surface area contributed by atoms with Gasteiger partial charge < -0.3 is 19.5 Å². The van der Waals surface area contributed by atoms with Gasteiger partial charge in [-0.05, 0) is 70.4 Å². The van der Waals surface area contributed by atoms with Gasteiger partial charge in [-0.3, -0.25) is 4.79 Å². The van der Waals surface area contributed by atoms with Gasteiger partial charge in [-0.2, -0.15) is 4.98 Å². The average molecular weight is 509 g/mol. The van der Waals surface area contributed by atoms with Gasteiger partial charge in [0, 0.05) is 43.5 Å². The second kappa shape index (κ2) is 11.2. The lowest BCUT2D eigenvalue weighted by atomic mass is 9.92. The smallest absolute Gasteiger partial charge is 0.254 e. The number of carbonyl (C=O) groups excluding carboxylic acids is 1. The molecule has 0 atom stereocenters. The molecule has 5 rings (SSSR count). The first-order valence-corrected chi connectivity index (χ1v) is 13.1. The largest absolute Gasteiger partial charge is 0.493 e. The van der Waals surface area contributed by atoms with E-state index in [1.54, 1.807) is 18.5 Å². The van der Waals surface area contributed by atoms with E-state index >= 15 is 0 Å². The molecule has 1 aliphatic heterocycles. The molecule has 2 aromatic heterocycles. The van der Waals surface area contributed by atoms with Gasteiger partial charge in [0.15, 0.2) is 0 Å². The molecule has 0 spiro atoms. The second-order valence-electron chi connectivity index (χ2n) is 10.2. The summed E-state index contributed by atoms with van der Waals surface area (Å²) in [4.78, 5) is 27.8. The van der Waals surface area contributed by atoms with E-state index in [2.05, 4.69) is 30.3 Å². The number of amides is 1. The van der Waals surface area contributed by atoms with Gasteiger partial charge in [-0.25, -0.2) is 14.4 Å². The molecule has 196 valence electrons. The van der Waals surface area contributed by atoms with Crippen molar-refractivity contribution < 1.29 is 18.4 Å². The van der Waals surface area contributed by atoms with Gasteiger partial charge in [0.25, 0.3) is 5.91 Å². The minimum atomic E-state index is -0.571. The zero-order valence-electron chi connectivity index (χ0n) is 21.3. The Morgan fingerprint density at radius 1 is 1.19 bits per heavy atom. The topological polar surface area (TPSA) is 106 Å². The van der Waals surface area contributed by atoms with Crippen LogP contribution in [-0.2, 0) is 0 Å². The Hall–Kier alpha value is -3.56. The number of rotatable bonds is 10. The number of halogens is 1. The number of nitrogens with zero attached hydrogens (tertiary/aromatic N) is 5. The zero-order valence-corrected chi connectivity index (χ0v) is 21.3. The quantitative estimate of drug-likeness (QED) is 0.391. The van der Waals surface area contributed by atoms with Crippen LogP contribution in [-0.4, -0.2) is 51.8 Å². The van der Waals surface area contributed by atoms with Gasteiger partial charge in [0.1, 0.15) is 11.6 Å². The fraction of sp³-hybridized carbons (Fsp3) is 0.519.